The smallest absolute Gasteiger partial charge is 0.333 e. The van der Waals surface area contributed by atoms with E-state index in [1.807, 2.05) is 0 Å². The zero-order valence-corrected chi connectivity index (χ0v) is 17.6. The highest BCUT2D eigenvalue weighted by Crippen LogP contribution is 2.27. The van der Waals surface area contributed by atoms with E-state index in [-0.39, 0.29) is 22.5 Å². The Morgan fingerprint density at radius 2 is 1.03 bits per heavy atom. The molecule has 0 bridgehead atoms. The largest absolute Gasteiger partial charge is 0.350 e. The minimum Gasteiger partial charge on any atom is -0.350 e. The van der Waals surface area contributed by atoms with Crippen LogP contribution in [0.1, 0.15) is 11.1 Å². The van der Waals surface area contributed by atoms with Crippen molar-refractivity contribution < 1.29 is 35.5 Å². The standard InChI is InChI=1S/C16H18N6O8S2/c17-15(23)21(19)11-5-3-9(13(7-11)31(25,26)27)1-2-10-4-6-12(22(20)16(18)24)8-14(10)32(28,29)30/h1-8H,19-20H2,(H2,17,23)(H2,18,24)(H,25,26,27)(H,28,29,30). The van der Waals surface area contributed by atoms with E-state index >= 15 is 0 Å². The molecule has 14 nitrogen and oxygen atoms in total. The van der Waals surface area contributed by atoms with Crippen molar-refractivity contribution in [1.29, 1.82) is 0 Å². The first-order valence-electron chi connectivity index (χ1n) is 8.22. The topological polar surface area (TPSA) is 253 Å². The number of urea groups is 2. The molecule has 0 unspecified atom stereocenters. The third-order valence-corrected chi connectivity index (χ3v) is 5.84. The maximum Gasteiger partial charge on any atom is 0.333 e. The average Bonchev–Trinajstić information content (AvgIpc) is 2.69. The van der Waals surface area contributed by atoms with Gasteiger partial charge in [-0.1, -0.05) is 24.3 Å². The fourth-order valence-corrected chi connectivity index (χ4v) is 3.91. The van der Waals surface area contributed by atoms with Crippen LogP contribution in [0.4, 0.5) is 21.0 Å². The summed E-state index contributed by atoms with van der Waals surface area (Å²) in [4.78, 5) is 21.0. The highest BCUT2D eigenvalue weighted by Gasteiger charge is 2.20. The zero-order valence-electron chi connectivity index (χ0n) is 16.0. The number of primary amides is 2. The summed E-state index contributed by atoms with van der Waals surface area (Å²) in [7, 11) is -9.63. The molecule has 0 fully saturated rings. The molecule has 0 aliphatic rings. The minimum absolute atomic E-state index is 0.128. The molecule has 2 aromatic rings. The molecule has 0 saturated heterocycles. The number of rotatable bonds is 6. The molecular formula is C16H18N6O8S2. The summed E-state index contributed by atoms with van der Waals surface area (Å²) in [5.74, 6) is 10.8. The molecule has 0 aromatic heterocycles. The van der Waals surface area contributed by atoms with E-state index in [1.165, 1.54) is 12.1 Å². The number of anilines is 2. The van der Waals surface area contributed by atoms with Crippen molar-refractivity contribution in [2.45, 2.75) is 9.79 Å². The summed E-state index contributed by atoms with van der Waals surface area (Å²) in [5, 5.41) is 0.878. The van der Waals surface area contributed by atoms with Crippen LogP contribution < -0.4 is 33.2 Å². The van der Waals surface area contributed by atoms with Crippen LogP contribution in [0.25, 0.3) is 12.2 Å². The SMILES string of the molecule is NC(=O)N(N)c1ccc(C=Cc2ccc(N(N)C(N)=O)cc2S(=O)(=O)O)c(S(=O)(=O)O)c1. The van der Waals surface area contributed by atoms with Crippen LogP contribution in [0, 0.1) is 0 Å². The number of benzene rings is 2. The predicted molar refractivity (Wildman–Crippen MR) is 114 cm³/mol. The molecule has 0 spiro atoms. The maximum atomic E-state index is 11.8. The number of hydrogen-bond donors (Lipinski definition) is 6. The average molecular weight is 486 g/mol. The van der Waals surface area contributed by atoms with Crippen LogP contribution in [-0.2, 0) is 20.2 Å². The molecule has 2 aromatic carbocycles. The van der Waals surface area contributed by atoms with E-state index in [4.69, 9.17) is 23.2 Å². The number of carbonyl (C=O) groups excluding carboxylic acids is 2. The van der Waals surface area contributed by atoms with Gasteiger partial charge in [0.05, 0.1) is 11.4 Å². The Labute approximate surface area is 182 Å². The van der Waals surface area contributed by atoms with Crippen molar-refractivity contribution in [3.63, 3.8) is 0 Å². The number of hydrazine groups is 2. The number of hydrogen-bond acceptors (Lipinski definition) is 8. The van der Waals surface area contributed by atoms with Crippen LogP contribution in [0.15, 0.2) is 46.2 Å². The fourth-order valence-electron chi connectivity index (χ4n) is 2.50. The third-order valence-electron chi connectivity index (χ3n) is 4.02. The molecule has 0 radical (unpaired) electrons. The first-order chi connectivity index (χ1) is 14.6. The van der Waals surface area contributed by atoms with Gasteiger partial charge < -0.3 is 11.5 Å². The van der Waals surface area contributed by atoms with Gasteiger partial charge in [0.1, 0.15) is 9.79 Å². The highest BCUT2D eigenvalue weighted by atomic mass is 32.2. The van der Waals surface area contributed by atoms with Gasteiger partial charge in [-0.2, -0.15) is 16.8 Å². The van der Waals surface area contributed by atoms with Gasteiger partial charge in [0.2, 0.25) is 0 Å². The van der Waals surface area contributed by atoms with Crippen molar-refractivity contribution in [1.82, 2.24) is 0 Å². The molecule has 2 rings (SSSR count). The van der Waals surface area contributed by atoms with Crippen molar-refractivity contribution in [3.05, 3.63) is 47.5 Å². The van der Waals surface area contributed by atoms with Crippen molar-refractivity contribution in [2.24, 2.45) is 23.2 Å². The van der Waals surface area contributed by atoms with E-state index in [9.17, 15) is 35.5 Å². The van der Waals surface area contributed by atoms with E-state index in [0.717, 1.165) is 36.4 Å². The molecule has 0 saturated carbocycles. The molecule has 32 heavy (non-hydrogen) atoms. The molecule has 0 atom stereocenters. The molecule has 4 amide bonds. The lowest BCUT2D eigenvalue weighted by Gasteiger charge is -2.16. The van der Waals surface area contributed by atoms with Gasteiger partial charge in [0, 0.05) is 0 Å². The minimum atomic E-state index is -4.81. The Bertz CT molecular complexity index is 1220. The van der Waals surface area contributed by atoms with Crippen molar-refractivity contribution in [2.75, 3.05) is 10.0 Å². The number of carbonyl (C=O) groups is 2. The Balaban J connectivity index is 2.62. The first-order valence-corrected chi connectivity index (χ1v) is 11.1. The molecule has 10 N–H and O–H groups in total. The van der Waals surface area contributed by atoms with E-state index in [1.54, 1.807) is 0 Å². The van der Waals surface area contributed by atoms with Gasteiger partial charge in [-0.25, -0.2) is 31.3 Å². The van der Waals surface area contributed by atoms with E-state index < -0.39 is 42.1 Å². The third kappa shape index (κ3) is 5.58. The lowest BCUT2D eigenvalue weighted by atomic mass is 10.1. The van der Waals surface area contributed by atoms with Gasteiger partial charge in [-0.3, -0.25) is 9.11 Å². The number of nitrogens with zero attached hydrogens (tertiary/aromatic N) is 2. The van der Waals surface area contributed by atoms with Crippen LogP contribution in [0.3, 0.4) is 0 Å². The van der Waals surface area contributed by atoms with E-state index in [0.29, 0.717) is 10.0 Å². The molecule has 0 aliphatic carbocycles. The monoisotopic (exact) mass is 486 g/mol. The van der Waals surface area contributed by atoms with Gasteiger partial charge in [0.15, 0.2) is 0 Å². The molecule has 172 valence electrons. The Morgan fingerprint density at radius 1 is 0.719 bits per heavy atom. The van der Waals surface area contributed by atoms with E-state index in [2.05, 4.69) is 0 Å². The second-order valence-electron chi connectivity index (χ2n) is 6.14. The first kappa shape index (κ1) is 24.7. The summed E-state index contributed by atoms with van der Waals surface area (Å²) >= 11 is 0. The van der Waals surface area contributed by atoms with Crippen LogP contribution in [0.2, 0.25) is 0 Å². The Morgan fingerprint density at radius 3 is 1.28 bits per heavy atom. The van der Waals surface area contributed by atoms with Gasteiger partial charge in [-0.15, -0.1) is 0 Å². The number of amides is 4. The van der Waals surface area contributed by atoms with Crippen molar-refractivity contribution >= 4 is 55.8 Å². The summed E-state index contributed by atoms with van der Waals surface area (Å²) in [5.41, 5.74) is 9.49. The summed E-state index contributed by atoms with van der Waals surface area (Å²) in [6, 6.07) is 4.28. The Hall–Kier alpha value is -3.54. The summed E-state index contributed by atoms with van der Waals surface area (Å²) in [6.07, 6.45) is 2.21. The van der Waals surface area contributed by atoms with Gasteiger partial charge in [-0.05, 0) is 35.4 Å². The quantitative estimate of drug-likeness (QED) is 0.104. The molecular weight excluding hydrogens is 468 g/mol. The zero-order chi connectivity index (χ0) is 24.4. The summed E-state index contributed by atoms with van der Waals surface area (Å²) < 4.78 is 66.1. The normalized spacial score (nSPS) is 12.0. The molecule has 0 aliphatic heterocycles. The number of nitrogens with two attached hydrogens (primary N) is 4. The second kappa shape index (κ2) is 8.91. The maximum absolute atomic E-state index is 11.8. The second-order valence-corrected chi connectivity index (χ2v) is 8.92. The van der Waals surface area contributed by atoms with Gasteiger partial charge in [0.25, 0.3) is 20.2 Å². The molecule has 0 heterocycles. The fraction of sp³-hybridized carbons (Fsp3) is 0. The highest BCUT2D eigenvalue weighted by molar-refractivity contribution is 7.86. The molecule has 16 heteroatoms. The lowest BCUT2D eigenvalue weighted by Crippen LogP contribution is -2.41. The Kier molecular flexibility index (Phi) is 6.88. The van der Waals surface area contributed by atoms with Crippen LogP contribution in [0.5, 0.6) is 0 Å². The van der Waals surface area contributed by atoms with Gasteiger partial charge >= 0.3 is 12.1 Å². The lowest BCUT2D eigenvalue weighted by molar-refractivity contribution is 0.253. The van der Waals surface area contributed by atoms with Crippen molar-refractivity contribution in [3.8, 4) is 0 Å². The van der Waals surface area contributed by atoms with Crippen LogP contribution in [-0.4, -0.2) is 38.0 Å². The summed E-state index contributed by atoms with van der Waals surface area (Å²) in [6.45, 7) is 0. The van der Waals surface area contributed by atoms with Crippen LogP contribution >= 0.6 is 0 Å². The predicted octanol–water partition coefficient (Wildman–Crippen LogP) is -0.132.